The molecule has 0 saturated heterocycles. The van der Waals surface area contributed by atoms with E-state index in [2.05, 4.69) is 205 Å². The fourth-order valence-electron chi connectivity index (χ4n) is 9.71. The Morgan fingerprint density at radius 3 is 0.661 bits per heavy atom. The molecule has 0 aliphatic rings. The molecule has 0 saturated carbocycles. The van der Waals surface area contributed by atoms with Crippen LogP contribution in [0.1, 0.15) is 22.3 Å². The number of hydrogen-bond donors (Lipinski definition) is 0. The number of halogens is 2. The fraction of sp³-hybridized carbons (Fsp3) is 0.0741. The first kappa shape index (κ1) is 33.8. The smallest absolute Gasteiger partial charge is 0.0332 e. The molecule has 56 heavy (non-hydrogen) atoms. The molecule has 266 valence electrons. The van der Waals surface area contributed by atoms with Crippen molar-refractivity contribution in [1.29, 1.82) is 0 Å². The molecule has 0 spiro atoms. The van der Waals surface area contributed by atoms with Gasteiger partial charge in [0.2, 0.25) is 0 Å². The van der Waals surface area contributed by atoms with Crippen molar-refractivity contribution < 1.29 is 0 Å². The van der Waals surface area contributed by atoms with Crippen LogP contribution in [0.15, 0.2) is 155 Å². The zero-order valence-corrected chi connectivity index (χ0v) is 34.8. The molecule has 0 atom stereocenters. The van der Waals surface area contributed by atoms with Crippen LogP contribution in [0.3, 0.4) is 0 Å². The second-order valence-electron chi connectivity index (χ2n) is 15.6. The monoisotopic (exact) mass is 842 g/mol. The summed E-state index contributed by atoms with van der Waals surface area (Å²) in [5, 5.41) is 20.1. The molecule has 0 heterocycles. The molecule has 0 aliphatic carbocycles. The molecule has 0 nitrogen and oxygen atoms in total. The number of fused-ring (bicyclic) bond motifs is 8. The molecule has 0 unspecified atom stereocenters. The topological polar surface area (TPSA) is 0 Å². The van der Waals surface area contributed by atoms with Gasteiger partial charge in [-0.25, -0.2) is 0 Å². The highest BCUT2D eigenvalue weighted by Gasteiger charge is 2.25. The Balaban J connectivity index is 1.51. The third kappa shape index (κ3) is 4.70. The largest absolute Gasteiger partial charge is 0.0616 e. The van der Waals surface area contributed by atoms with Gasteiger partial charge in [-0.3, -0.25) is 0 Å². The maximum absolute atomic E-state index is 4.08. The summed E-state index contributed by atoms with van der Waals surface area (Å²) < 4.78 is 2.28. The molecule has 11 aromatic carbocycles. The molecule has 2 heteroatoms. The summed E-state index contributed by atoms with van der Waals surface area (Å²) in [4.78, 5) is 0. The van der Waals surface area contributed by atoms with E-state index in [1.54, 1.807) is 0 Å². The van der Waals surface area contributed by atoms with Gasteiger partial charge in [-0.05, 0) is 215 Å². The molecule has 0 amide bonds. The predicted octanol–water partition coefficient (Wildman–Crippen LogP) is 17.0. The van der Waals surface area contributed by atoms with Gasteiger partial charge in [0, 0.05) is 8.95 Å². The summed E-state index contributed by atoms with van der Waals surface area (Å²) >= 11 is 8.16. The van der Waals surface area contributed by atoms with E-state index in [1.807, 2.05) is 0 Å². The van der Waals surface area contributed by atoms with Crippen LogP contribution < -0.4 is 0 Å². The number of rotatable bonds is 2. The lowest BCUT2D eigenvalue weighted by molar-refractivity contribution is 1.47. The summed E-state index contributed by atoms with van der Waals surface area (Å²) in [6.45, 7) is 9.04. The van der Waals surface area contributed by atoms with Gasteiger partial charge in [0.05, 0.1) is 0 Å². The minimum atomic E-state index is 1.14. The average molecular weight is 845 g/mol. The predicted molar refractivity (Wildman–Crippen MR) is 252 cm³/mol. The van der Waals surface area contributed by atoms with Crippen molar-refractivity contribution in [3.8, 4) is 22.3 Å². The van der Waals surface area contributed by atoms with Crippen molar-refractivity contribution >= 4 is 118 Å². The van der Waals surface area contributed by atoms with Crippen molar-refractivity contribution in [2.75, 3.05) is 0 Å². The SMILES string of the molecule is Cc1ccc(C)c2cc3c(-c4c5ccccc5c(Br)c5ccccc45)c4cc5c(C)ccc(C)c5cc4c(-c4c5ccccc5c(Br)c5ccccc45)c3cc12. The summed E-state index contributed by atoms with van der Waals surface area (Å²) in [5.41, 5.74) is 10.3. The van der Waals surface area contributed by atoms with Gasteiger partial charge in [0.1, 0.15) is 0 Å². The van der Waals surface area contributed by atoms with Crippen LogP contribution in [0.2, 0.25) is 0 Å². The molecule has 11 rings (SSSR count). The van der Waals surface area contributed by atoms with E-state index in [0.717, 1.165) is 8.95 Å². The standard InChI is InChI=1S/C54H36Br2/c1-29-21-22-30(2)42-26-46-45(25-41(29)42)51(49-33-13-5-9-17-37(33)53(55)38-18-10-6-14-34(38)49)47-27-43-31(3)23-24-32(4)44(43)28-48(47)52(46)50-35-15-7-11-19-39(35)54(56)40-20-12-8-16-36(40)50/h5-28H,1-4H3. The maximum Gasteiger partial charge on any atom is 0.0332 e. The highest BCUT2D eigenvalue weighted by molar-refractivity contribution is 9.11. The lowest BCUT2D eigenvalue weighted by atomic mass is 9.79. The quantitative estimate of drug-likeness (QED) is 0.152. The minimum absolute atomic E-state index is 1.14. The number of benzene rings is 11. The van der Waals surface area contributed by atoms with E-state index in [-0.39, 0.29) is 0 Å². The van der Waals surface area contributed by atoms with Gasteiger partial charge in [-0.1, -0.05) is 121 Å². The normalized spacial score (nSPS) is 12.1. The zero-order valence-electron chi connectivity index (χ0n) is 31.6. The van der Waals surface area contributed by atoms with Gasteiger partial charge < -0.3 is 0 Å². The first-order valence-corrected chi connectivity index (χ1v) is 20.9. The van der Waals surface area contributed by atoms with Crippen molar-refractivity contribution in [2.45, 2.75) is 27.7 Å². The van der Waals surface area contributed by atoms with E-state index in [0.29, 0.717) is 0 Å². The van der Waals surface area contributed by atoms with Gasteiger partial charge in [0.15, 0.2) is 0 Å². The summed E-state index contributed by atoms with van der Waals surface area (Å²) in [7, 11) is 0. The Labute approximate surface area is 342 Å². The highest BCUT2D eigenvalue weighted by Crippen LogP contribution is 2.53. The van der Waals surface area contributed by atoms with Gasteiger partial charge in [-0.2, -0.15) is 0 Å². The molecule has 0 radical (unpaired) electrons. The zero-order chi connectivity index (χ0) is 38.0. The lowest BCUT2D eigenvalue weighted by Gasteiger charge is -2.24. The van der Waals surface area contributed by atoms with Crippen molar-refractivity contribution in [1.82, 2.24) is 0 Å². The summed E-state index contributed by atoms with van der Waals surface area (Å²) in [6, 6.07) is 54.9. The Kier molecular flexibility index (Phi) is 7.53. The third-order valence-electron chi connectivity index (χ3n) is 12.5. The van der Waals surface area contributed by atoms with E-state index < -0.39 is 0 Å². The Bertz CT molecular complexity index is 3080. The fourth-order valence-corrected chi connectivity index (χ4v) is 11.1. The first-order chi connectivity index (χ1) is 27.3. The van der Waals surface area contributed by atoms with Gasteiger partial charge in [-0.15, -0.1) is 0 Å². The van der Waals surface area contributed by atoms with Crippen molar-refractivity contribution in [3.63, 3.8) is 0 Å². The minimum Gasteiger partial charge on any atom is -0.0616 e. The van der Waals surface area contributed by atoms with Crippen molar-refractivity contribution in [3.05, 3.63) is 177 Å². The van der Waals surface area contributed by atoms with E-state index >= 15 is 0 Å². The van der Waals surface area contributed by atoms with Crippen molar-refractivity contribution in [2.24, 2.45) is 0 Å². The molecular weight excluding hydrogens is 808 g/mol. The molecule has 0 aliphatic heterocycles. The van der Waals surface area contributed by atoms with Crippen LogP contribution in [0.25, 0.3) is 108 Å². The summed E-state index contributed by atoms with van der Waals surface area (Å²) in [5.74, 6) is 0. The Hall–Kier alpha value is -5.54. The van der Waals surface area contributed by atoms with E-state index in [1.165, 1.54) is 131 Å². The Morgan fingerprint density at radius 2 is 0.429 bits per heavy atom. The van der Waals surface area contributed by atoms with E-state index in [9.17, 15) is 0 Å². The first-order valence-electron chi connectivity index (χ1n) is 19.3. The second-order valence-corrected chi connectivity index (χ2v) is 17.2. The third-order valence-corrected chi connectivity index (χ3v) is 14.2. The van der Waals surface area contributed by atoms with Crippen LogP contribution in [0.5, 0.6) is 0 Å². The average Bonchev–Trinajstić information content (AvgIpc) is 3.23. The van der Waals surface area contributed by atoms with Gasteiger partial charge >= 0.3 is 0 Å². The van der Waals surface area contributed by atoms with E-state index in [4.69, 9.17) is 0 Å². The summed E-state index contributed by atoms with van der Waals surface area (Å²) in [6.07, 6.45) is 0. The molecule has 11 aromatic rings. The number of aryl methyl sites for hydroxylation is 4. The van der Waals surface area contributed by atoms with Crippen LogP contribution in [-0.4, -0.2) is 0 Å². The van der Waals surface area contributed by atoms with Crippen LogP contribution in [0, 0.1) is 27.7 Å². The molecule has 0 fully saturated rings. The molecule has 0 N–H and O–H groups in total. The van der Waals surface area contributed by atoms with Crippen LogP contribution in [0.4, 0.5) is 0 Å². The molecular formula is C54H36Br2. The Morgan fingerprint density at radius 1 is 0.232 bits per heavy atom. The van der Waals surface area contributed by atoms with Crippen LogP contribution >= 0.6 is 31.9 Å². The second kappa shape index (κ2) is 12.5. The number of hydrogen-bond acceptors (Lipinski definition) is 0. The molecule has 0 bridgehead atoms. The van der Waals surface area contributed by atoms with Crippen LogP contribution in [-0.2, 0) is 0 Å². The maximum atomic E-state index is 4.08. The highest BCUT2D eigenvalue weighted by atomic mass is 79.9. The lowest BCUT2D eigenvalue weighted by Crippen LogP contribution is -1.97. The molecule has 0 aromatic heterocycles. The van der Waals surface area contributed by atoms with Gasteiger partial charge in [0.25, 0.3) is 0 Å².